The molecular formula is C46H66O7. The van der Waals surface area contributed by atoms with E-state index in [1.165, 1.54) is 5.57 Å². The quantitative estimate of drug-likeness (QED) is 0.110. The van der Waals surface area contributed by atoms with Gasteiger partial charge in [-0.2, -0.15) is 0 Å². The van der Waals surface area contributed by atoms with Crippen LogP contribution in [0.3, 0.4) is 0 Å². The van der Waals surface area contributed by atoms with Crippen LogP contribution in [0.5, 0.6) is 0 Å². The van der Waals surface area contributed by atoms with Crippen LogP contribution < -0.4 is 0 Å². The fraction of sp³-hybridized carbons (Fsp3) is 0.500. The molecule has 5 atom stereocenters. The van der Waals surface area contributed by atoms with Gasteiger partial charge in [-0.3, -0.25) is 4.79 Å². The number of ketones is 1. The van der Waals surface area contributed by atoms with Crippen LogP contribution in [0.15, 0.2) is 130 Å². The van der Waals surface area contributed by atoms with Crippen molar-refractivity contribution in [3.63, 3.8) is 0 Å². The van der Waals surface area contributed by atoms with E-state index < -0.39 is 42.9 Å². The molecule has 5 unspecified atom stereocenters. The van der Waals surface area contributed by atoms with Crippen LogP contribution in [0.1, 0.15) is 101 Å². The molecule has 0 bridgehead atoms. The van der Waals surface area contributed by atoms with Gasteiger partial charge in [-0.25, -0.2) is 0 Å². The predicted molar refractivity (Wildman–Crippen MR) is 218 cm³/mol. The molecule has 0 aromatic rings. The lowest BCUT2D eigenvalue weighted by molar-refractivity contribution is -0.323. The first-order valence-corrected chi connectivity index (χ1v) is 18.8. The summed E-state index contributed by atoms with van der Waals surface area (Å²) in [4.78, 5) is 12.2. The molecule has 1 heterocycles. The molecular weight excluding hydrogens is 664 g/mol. The Labute approximate surface area is 319 Å². The molecule has 0 aromatic heterocycles. The fourth-order valence-corrected chi connectivity index (χ4v) is 6.09. The molecule has 1 fully saturated rings. The molecule has 4 N–H and O–H groups in total. The SMILES string of the molecule is CC(C=CC=C(C)C=CC=C(C)CCCC(C)(C)OC1OC(CO)C(O)C(O)C1O)=CC=CC=C(C)C=CC=C(C)C=CC1=C(C)C(=O)CCC1(C)C. The Morgan fingerprint density at radius 2 is 1.30 bits per heavy atom. The molecule has 7 heteroatoms. The Hall–Kier alpha value is -3.43. The number of hydrogen-bond donors (Lipinski definition) is 4. The second-order valence-corrected chi connectivity index (χ2v) is 15.7. The molecule has 0 saturated carbocycles. The van der Waals surface area contributed by atoms with Gasteiger partial charge in [-0.1, -0.05) is 133 Å². The van der Waals surface area contributed by atoms with Gasteiger partial charge in [0.2, 0.25) is 0 Å². The highest BCUT2D eigenvalue weighted by Crippen LogP contribution is 2.39. The number of hydrogen-bond acceptors (Lipinski definition) is 7. The highest BCUT2D eigenvalue weighted by Gasteiger charge is 2.45. The number of carbonyl (C=O) groups excluding carboxylic acids is 1. The predicted octanol–water partition coefficient (Wildman–Crippen LogP) is 8.97. The van der Waals surface area contributed by atoms with Crippen LogP contribution in [0, 0.1) is 5.41 Å². The van der Waals surface area contributed by atoms with Crippen LogP contribution in [-0.4, -0.2) is 69.1 Å². The fourth-order valence-electron chi connectivity index (χ4n) is 6.09. The average molecular weight is 731 g/mol. The second-order valence-electron chi connectivity index (χ2n) is 15.7. The topological polar surface area (TPSA) is 116 Å². The number of rotatable bonds is 17. The van der Waals surface area contributed by atoms with Gasteiger partial charge in [0.1, 0.15) is 24.4 Å². The minimum atomic E-state index is -1.45. The number of aliphatic hydroxyl groups is 4. The summed E-state index contributed by atoms with van der Waals surface area (Å²) in [7, 11) is 0. The number of aliphatic hydroxyl groups excluding tert-OH is 4. The van der Waals surface area contributed by atoms with Gasteiger partial charge in [-0.05, 0) is 97.6 Å². The Kier molecular flexibility index (Phi) is 19.0. The van der Waals surface area contributed by atoms with Gasteiger partial charge in [0.15, 0.2) is 12.1 Å². The largest absolute Gasteiger partial charge is 0.394 e. The summed E-state index contributed by atoms with van der Waals surface area (Å²) in [6, 6.07) is 0. The summed E-state index contributed by atoms with van der Waals surface area (Å²) in [5, 5.41) is 39.7. The van der Waals surface area contributed by atoms with Crippen molar-refractivity contribution in [2.75, 3.05) is 6.61 Å². The van der Waals surface area contributed by atoms with E-state index in [4.69, 9.17) is 9.47 Å². The Balaban J connectivity index is 1.79. The van der Waals surface area contributed by atoms with Crippen LogP contribution in [0.2, 0.25) is 0 Å². The molecule has 0 spiro atoms. The second kappa shape index (κ2) is 22.1. The summed E-state index contributed by atoms with van der Waals surface area (Å²) in [6.07, 6.45) is 28.6. The molecule has 1 aliphatic heterocycles. The summed E-state index contributed by atoms with van der Waals surface area (Å²) >= 11 is 0. The number of allylic oxidation sites excluding steroid dienone is 22. The molecule has 2 aliphatic rings. The van der Waals surface area contributed by atoms with Crippen molar-refractivity contribution in [3.05, 3.63) is 130 Å². The Bertz CT molecular complexity index is 1570. The van der Waals surface area contributed by atoms with Crippen molar-refractivity contribution in [1.82, 2.24) is 0 Å². The lowest BCUT2D eigenvalue weighted by atomic mass is 9.72. The van der Waals surface area contributed by atoms with Crippen molar-refractivity contribution >= 4 is 5.78 Å². The third kappa shape index (κ3) is 16.2. The van der Waals surface area contributed by atoms with Crippen molar-refractivity contribution in [2.24, 2.45) is 5.41 Å². The Morgan fingerprint density at radius 3 is 1.85 bits per heavy atom. The van der Waals surface area contributed by atoms with Crippen LogP contribution in [-0.2, 0) is 14.3 Å². The summed E-state index contributed by atoms with van der Waals surface area (Å²) < 4.78 is 11.4. The zero-order valence-corrected chi connectivity index (χ0v) is 33.8. The zero-order chi connectivity index (χ0) is 39.8. The van der Waals surface area contributed by atoms with Crippen molar-refractivity contribution in [2.45, 2.75) is 138 Å². The van der Waals surface area contributed by atoms with Gasteiger partial charge in [0.05, 0.1) is 12.2 Å². The van der Waals surface area contributed by atoms with Gasteiger partial charge in [-0.15, -0.1) is 0 Å². The van der Waals surface area contributed by atoms with E-state index in [0.717, 1.165) is 52.7 Å². The minimum Gasteiger partial charge on any atom is -0.394 e. The molecule has 53 heavy (non-hydrogen) atoms. The average Bonchev–Trinajstić information content (AvgIpc) is 3.08. The third-order valence-corrected chi connectivity index (χ3v) is 9.68. The van der Waals surface area contributed by atoms with Gasteiger partial charge in [0, 0.05) is 6.42 Å². The van der Waals surface area contributed by atoms with Crippen molar-refractivity contribution < 1.29 is 34.7 Å². The molecule has 7 nitrogen and oxygen atoms in total. The maximum absolute atomic E-state index is 12.2. The number of carbonyl (C=O) groups is 1. The van der Waals surface area contributed by atoms with E-state index in [1.807, 2.05) is 45.1 Å². The Morgan fingerprint density at radius 1 is 0.792 bits per heavy atom. The first-order valence-electron chi connectivity index (χ1n) is 18.8. The van der Waals surface area contributed by atoms with E-state index in [-0.39, 0.29) is 11.2 Å². The van der Waals surface area contributed by atoms with Gasteiger partial charge >= 0.3 is 0 Å². The standard InChI is InChI=1S/C46H66O7/c1-32(17-11-12-18-33(2)20-15-24-36(5)26-27-38-37(6)39(48)28-30-45(38,7)8)19-13-21-34(3)22-14-23-35(4)25-16-29-46(9,10)53-44-43(51)42(50)41(49)40(31-47)52-44/h11-15,17-24,26-27,40-44,47,49-51H,16,25,28-31H2,1-10H3. The highest BCUT2D eigenvalue weighted by molar-refractivity contribution is 5.97. The van der Waals surface area contributed by atoms with E-state index in [9.17, 15) is 25.2 Å². The van der Waals surface area contributed by atoms with Crippen LogP contribution >= 0.6 is 0 Å². The number of Topliss-reactive ketones (excluding diaryl/α,β-unsaturated/α-hetero) is 1. The molecule has 1 aliphatic carbocycles. The van der Waals surface area contributed by atoms with E-state index >= 15 is 0 Å². The number of ether oxygens (including phenoxy) is 2. The van der Waals surface area contributed by atoms with E-state index in [1.54, 1.807) is 0 Å². The van der Waals surface area contributed by atoms with Gasteiger partial charge < -0.3 is 29.9 Å². The summed E-state index contributed by atoms with van der Waals surface area (Å²) in [6.45, 7) is 20.0. The molecule has 0 aromatic carbocycles. The monoisotopic (exact) mass is 730 g/mol. The third-order valence-electron chi connectivity index (χ3n) is 9.68. The summed E-state index contributed by atoms with van der Waals surface area (Å²) in [5.74, 6) is 0.260. The normalized spacial score (nSPS) is 26.2. The van der Waals surface area contributed by atoms with Crippen molar-refractivity contribution in [3.8, 4) is 0 Å². The lowest BCUT2D eigenvalue weighted by Gasteiger charge is -2.42. The molecule has 0 radical (unpaired) electrons. The zero-order valence-electron chi connectivity index (χ0n) is 33.8. The maximum Gasteiger partial charge on any atom is 0.187 e. The highest BCUT2D eigenvalue weighted by atomic mass is 16.7. The smallest absolute Gasteiger partial charge is 0.187 e. The van der Waals surface area contributed by atoms with Crippen molar-refractivity contribution in [1.29, 1.82) is 0 Å². The van der Waals surface area contributed by atoms with E-state index in [0.29, 0.717) is 12.8 Å². The molecule has 2 rings (SSSR count). The van der Waals surface area contributed by atoms with E-state index in [2.05, 4.69) is 115 Å². The van der Waals surface area contributed by atoms with Gasteiger partial charge in [0.25, 0.3) is 0 Å². The molecule has 0 amide bonds. The van der Waals surface area contributed by atoms with Crippen LogP contribution in [0.25, 0.3) is 0 Å². The first-order chi connectivity index (χ1) is 24.9. The lowest BCUT2D eigenvalue weighted by Crippen LogP contribution is -2.60. The molecule has 1 saturated heterocycles. The summed E-state index contributed by atoms with van der Waals surface area (Å²) in [5.41, 5.74) is 7.20. The van der Waals surface area contributed by atoms with Crippen LogP contribution in [0.4, 0.5) is 0 Å². The molecule has 292 valence electrons. The minimum absolute atomic E-state index is 0.0248. The first kappa shape index (κ1) is 45.7. The maximum atomic E-state index is 12.2.